The van der Waals surface area contributed by atoms with Gasteiger partial charge < -0.3 is 5.11 Å². The van der Waals surface area contributed by atoms with Crippen molar-refractivity contribution in [2.75, 3.05) is 0 Å². The van der Waals surface area contributed by atoms with E-state index in [0.717, 1.165) is 12.1 Å². The molecule has 1 unspecified atom stereocenters. The molecule has 12 heteroatoms. The molecule has 0 aliphatic heterocycles. The molecule has 1 aliphatic carbocycles. The van der Waals surface area contributed by atoms with Gasteiger partial charge in [0.2, 0.25) is 0 Å². The minimum atomic E-state index is -7.53. The predicted octanol–water partition coefficient (Wildman–Crippen LogP) is 4.92. The smallest absolute Gasteiger partial charge is 0.379 e. The van der Waals surface area contributed by atoms with Crippen molar-refractivity contribution in [3.63, 3.8) is 0 Å². The standard InChI is InChI=1S/C14H9F11O/c15-10(16,9(26)6-5-7-3-1-2-4-8(7)9)11(17,18)12(19,20)13(21,22)14(23,24)25/h1-4,26H,5-6H2. The number of aliphatic hydroxyl groups is 1. The number of rotatable bonds is 4. The molecule has 148 valence electrons. The fourth-order valence-electron chi connectivity index (χ4n) is 2.75. The molecule has 0 saturated heterocycles. The van der Waals surface area contributed by atoms with Crippen molar-refractivity contribution in [2.24, 2.45) is 0 Å². The highest BCUT2D eigenvalue weighted by molar-refractivity contribution is 5.40. The molecule has 0 aromatic heterocycles. The zero-order chi connectivity index (χ0) is 20.4. The van der Waals surface area contributed by atoms with Gasteiger partial charge in [-0.2, -0.15) is 48.3 Å². The van der Waals surface area contributed by atoms with Crippen LogP contribution in [0.2, 0.25) is 0 Å². The molecule has 1 N–H and O–H groups in total. The summed E-state index contributed by atoms with van der Waals surface area (Å²) in [6.45, 7) is 0. The fourth-order valence-corrected chi connectivity index (χ4v) is 2.75. The lowest BCUT2D eigenvalue weighted by molar-refractivity contribution is -0.437. The van der Waals surface area contributed by atoms with Gasteiger partial charge in [-0.05, 0) is 24.0 Å². The van der Waals surface area contributed by atoms with Gasteiger partial charge >= 0.3 is 29.9 Å². The van der Waals surface area contributed by atoms with Crippen LogP contribution in [0.1, 0.15) is 17.5 Å². The first kappa shape index (κ1) is 20.7. The maximum Gasteiger partial charge on any atom is 0.460 e. The van der Waals surface area contributed by atoms with E-state index >= 15 is 0 Å². The zero-order valence-electron chi connectivity index (χ0n) is 12.3. The molecule has 1 aromatic rings. The normalized spacial score (nSPS) is 22.5. The van der Waals surface area contributed by atoms with Crippen LogP contribution in [0, 0.1) is 0 Å². The molecule has 2 rings (SSSR count). The monoisotopic (exact) mass is 402 g/mol. The number of hydrogen-bond acceptors (Lipinski definition) is 1. The number of hydrogen-bond donors (Lipinski definition) is 1. The van der Waals surface area contributed by atoms with Crippen molar-refractivity contribution in [2.45, 2.75) is 48.3 Å². The number of aryl methyl sites for hydroxylation is 1. The largest absolute Gasteiger partial charge is 0.460 e. The molecule has 0 fully saturated rings. The van der Waals surface area contributed by atoms with Gasteiger partial charge in [0, 0.05) is 0 Å². The van der Waals surface area contributed by atoms with Crippen LogP contribution in [0.15, 0.2) is 24.3 Å². The summed E-state index contributed by atoms with van der Waals surface area (Å²) in [5.41, 5.74) is -5.16. The van der Waals surface area contributed by atoms with E-state index in [2.05, 4.69) is 0 Å². The minimum absolute atomic E-state index is 0.156. The molecule has 26 heavy (non-hydrogen) atoms. The number of fused-ring (bicyclic) bond motifs is 1. The van der Waals surface area contributed by atoms with Crippen molar-refractivity contribution in [1.29, 1.82) is 0 Å². The van der Waals surface area contributed by atoms with Gasteiger partial charge in [0.1, 0.15) is 0 Å². The second-order valence-electron chi connectivity index (χ2n) is 5.81. The van der Waals surface area contributed by atoms with E-state index in [4.69, 9.17) is 0 Å². The summed E-state index contributed by atoms with van der Waals surface area (Å²) < 4.78 is 145. The summed E-state index contributed by atoms with van der Waals surface area (Å²) in [6, 6.07) is 3.98. The molecule has 1 aliphatic rings. The molecular formula is C14H9F11O. The molecule has 1 atom stereocenters. The quantitative estimate of drug-likeness (QED) is 0.709. The topological polar surface area (TPSA) is 20.2 Å². The number of halogens is 11. The SMILES string of the molecule is OC1(C(F)(F)C(F)(F)C(F)(F)C(F)(F)C(F)(F)F)CCc2ccccc21. The molecule has 1 nitrogen and oxygen atoms in total. The summed E-state index contributed by atoms with van der Waals surface area (Å²) in [7, 11) is 0. The van der Waals surface area contributed by atoms with E-state index in [1.54, 1.807) is 0 Å². The van der Waals surface area contributed by atoms with Gasteiger partial charge in [0.05, 0.1) is 0 Å². The van der Waals surface area contributed by atoms with E-state index in [1.807, 2.05) is 0 Å². The maximum absolute atomic E-state index is 14.2. The molecule has 0 bridgehead atoms. The van der Waals surface area contributed by atoms with Gasteiger partial charge in [-0.15, -0.1) is 0 Å². The Labute approximate surface area is 138 Å². The first-order chi connectivity index (χ1) is 11.5. The third-order valence-corrected chi connectivity index (χ3v) is 4.28. The Kier molecular flexibility index (Phi) is 4.35. The van der Waals surface area contributed by atoms with Crippen LogP contribution < -0.4 is 0 Å². The van der Waals surface area contributed by atoms with Crippen molar-refractivity contribution in [3.05, 3.63) is 35.4 Å². The van der Waals surface area contributed by atoms with Crippen LogP contribution in [-0.4, -0.2) is 35.0 Å². The molecule has 0 radical (unpaired) electrons. The van der Waals surface area contributed by atoms with Gasteiger partial charge in [-0.3, -0.25) is 0 Å². The third-order valence-electron chi connectivity index (χ3n) is 4.28. The third kappa shape index (κ3) is 2.33. The highest BCUT2D eigenvalue weighted by Crippen LogP contribution is 2.62. The summed E-state index contributed by atoms with van der Waals surface area (Å²) in [4.78, 5) is 0. The number of alkyl halides is 11. The van der Waals surface area contributed by atoms with Gasteiger partial charge in [-0.25, -0.2) is 0 Å². The van der Waals surface area contributed by atoms with Crippen molar-refractivity contribution < 1.29 is 53.4 Å². The predicted molar refractivity (Wildman–Crippen MR) is 64.5 cm³/mol. The molecule has 0 spiro atoms. The van der Waals surface area contributed by atoms with Gasteiger partial charge in [0.15, 0.2) is 5.60 Å². The fraction of sp³-hybridized carbons (Fsp3) is 0.571. The maximum atomic E-state index is 14.2. The summed E-state index contributed by atoms with van der Waals surface area (Å²) in [5.74, 6) is -28.6. The van der Waals surface area contributed by atoms with E-state index in [-0.39, 0.29) is 5.56 Å². The first-order valence-corrected chi connectivity index (χ1v) is 6.84. The lowest BCUT2D eigenvalue weighted by Crippen LogP contribution is -2.70. The summed E-state index contributed by atoms with van der Waals surface area (Å²) in [6.07, 6.45) is -9.01. The Morgan fingerprint density at radius 2 is 1.23 bits per heavy atom. The van der Waals surface area contributed by atoms with E-state index in [1.165, 1.54) is 6.07 Å². The Hall–Kier alpha value is -1.59. The zero-order valence-corrected chi connectivity index (χ0v) is 12.3. The van der Waals surface area contributed by atoms with E-state index in [9.17, 15) is 53.4 Å². The van der Waals surface area contributed by atoms with Crippen LogP contribution in [0.3, 0.4) is 0 Å². The van der Waals surface area contributed by atoms with Crippen molar-refractivity contribution >= 4 is 0 Å². The van der Waals surface area contributed by atoms with Crippen LogP contribution in [-0.2, 0) is 12.0 Å². The molecule has 1 aromatic carbocycles. The Morgan fingerprint density at radius 1 is 0.731 bits per heavy atom. The summed E-state index contributed by atoms with van der Waals surface area (Å²) >= 11 is 0. The molecule has 0 amide bonds. The van der Waals surface area contributed by atoms with Crippen LogP contribution >= 0.6 is 0 Å². The van der Waals surface area contributed by atoms with Crippen LogP contribution in [0.25, 0.3) is 0 Å². The lowest BCUT2D eigenvalue weighted by Gasteiger charge is -2.42. The lowest BCUT2D eigenvalue weighted by atomic mass is 9.82. The Balaban J connectivity index is 2.61. The highest BCUT2D eigenvalue weighted by atomic mass is 19.4. The Morgan fingerprint density at radius 3 is 1.73 bits per heavy atom. The Bertz CT molecular complexity index is 694. The minimum Gasteiger partial charge on any atom is -0.379 e. The van der Waals surface area contributed by atoms with Gasteiger partial charge in [-0.1, -0.05) is 24.3 Å². The first-order valence-electron chi connectivity index (χ1n) is 6.84. The van der Waals surface area contributed by atoms with E-state index in [0.29, 0.717) is 6.07 Å². The molecular weight excluding hydrogens is 393 g/mol. The second-order valence-corrected chi connectivity index (χ2v) is 5.81. The average molecular weight is 402 g/mol. The van der Waals surface area contributed by atoms with Crippen LogP contribution in [0.5, 0.6) is 0 Å². The average Bonchev–Trinajstić information content (AvgIpc) is 2.85. The van der Waals surface area contributed by atoms with Crippen molar-refractivity contribution in [3.8, 4) is 0 Å². The van der Waals surface area contributed by atoms with Crippen LogP contribution in [0.4, 0.5) is 48.3 Å². The molecule has 0 heterocycles. The molecule has 0 saturated carbocycles. The van der Waals surface area contributed by atoms with Gasteiger partial charge in [0.25, 0.3) is 0 Å². The number of benzene rings is 1. The van der Waals surface area contributed by atoms with Crippen molar-refractivity contribution in [1.82, 2.24) is 0 Å². The highest BCUT2D eigenvalue weighted by Gasteiger charge is 2.89. The summed E-state index contributed by atoms with van der Waals surface area (Å²) in [5, 5.41) is 9.95. The second kappa shape index (κ2) is 5.46. The van der Waals surface area contributed by atoms with E-state index < -0.39 is 53.9 Å².